The van der Waals surface area contributed by atoms with Gasteiger partial charge in [0.1, 0.15) is 5.78 Å². The van der Waals surface area contributed by atoms with Crippen molar-refractivity contribution in [3.05, 3.63) is 16.6 Å². The number of Topliss-reactive ketones (excluding diaryl/α,β-unsaturated/α-hetero) is 1. The van der Waals surface area contributed by atoms with Crippen molar-refractivity contribution in [3.63, 3.8) is 0 Å². The highest BCUT2D eigenvalue weighted by Crippen LogP contribution is 2.43. The van der Waals surface area contributed by atoms with E-state index in [-0.39, 0.29) is 11.3 Å². The molecule has 82 valence electrons. The molecule has 2 rings (SSSR count). The lowest BCUT2D eigenvalue weighted by Gasteiger charge is -2.25. The third-order valence-electron chi connectivity index (χ3n) is 3.48. The van der Waals surface area contributed by atoms with Gasteiger partial charge in [0.05, 0.1) is 5.51 Å². The molecule has 1 saturated carbocycles. The Labute approximate surface area is 94.7 Å². The lowest BCUT2D eigenvalue weighted by molar-refractivity contribution is -0.124. The van der Waals surface area contributed by atoms with E-state index in [2.05, 4.69) is 18.8 Å². The van der Waals surface area contributed by atoms with Crippen LogP contribution < -0.4 is 0 Å². The molecule has 1 fully saturated rings. The van der Waals surface area contributed by atoms with E-state index in [0.717, 1.165) is 11.3 Å². The molecule has 1 aromatic heterocycles. The Morgan fingerprint density at radius 1 is 1.67 bits per heavy atom. The molecule has 0 N–H and O–H groups in total. The molecule has 3 heteroatoms. The van der Waals surface area contributed by atoms with Crippen LogP contribution in [0, 0.1) is 11.3 Å². The van der Waals surface area contributed by atoms with E-state index in [1.54, 1.807) is 16.8 Å². The molecule has 15 heavy (non-hydrogen) atoms. The number of aromatic nitrogens is 1. The molecule has 0 aliphatic heterocycles. The molecule has 2 nitrogen and oxygen atoms in total. The van der Waals surface area contributed by atoms with E-state index in [1.165, 1.54) is 12.8 Å². The van der Waals surface area contributed by atoms with Crippen molar-refractivity contribution in [2.45, 2.75) is 39.5 Å². The molecule has 0 saturated heterocycles. The van der Waals surface area contributed by atoms with Gasteiger partial charge in [0.2, 0.25) is 0 Å². The quantitative estimate of drug-likeness (QED) is 0.788. The monoisotopic (exact) mass is 223 g/mol. The number of hydrogen-bond acceptors (Lipinski definition) is 3. The summed E-state index contributed by atoms with van der Waals surface area (Å²) >= 11 is 1.58. The first kappa shape index (κ1) is 10.8. The SMILES string of the molecule is CC1(C)CCCC1C(=O)Cc1cncs1. The maximum atomic E-state index is 12.1. The molecule has 0 bridgehead atoms. The average Bonchev–Trinajstić information content (AvgIpc) is 2.73. The van der Waals surface area contributed by atoms with Gasteiger partial charge in [0.15, 0.2) is 0 Å². The highest BCUT2D eigenvalue weighted by Gasteiger charge is 2.38. The van der Waals surface area contributed by atoms with Crippen LogP contribution in [0.5, 0.6) is 0 Å². The fourth-order valence-electron chi connectivity index (χ4n) is 2.55. The summed E-state index contributed by atoms with van der Waals surface area (Å²) in [5, 5.41) is 0. The first-order valence-corrected chi connectivity index (χ1v) is 6.37. The summed E-state index contributed by atoms with van der Waals surface area (Å²) in [5.41, 5.74) is 2.00. The summed E-state index contributed by atoms with van der Waals surface area (Å²) in [6.45, 7) is 4.43. The fourth-order valence-corrected chi connectivity index (χ4v) is 3.15. The first-order chi connectivity index (χ1) is 7.09. The second-order valence-electron chi connectivity index (χ2n) is 5.04. The Morgan fingerprint density at radius 3 is 3.00 bits per heavy atom. The number of nitrogens with zero attached hydrogens (tertiary/aromatic N) is 1. The number of carbonyl (C=O) groups is 1. The number of carbonyl (C=O) groups excluding carboxylic acids is 1. The smallest absolute Gasteiger partial charge is 0.141 e. The maximum Gasteiger partial charge on any atom is 0.141 e. The van der Waals surface area contributed by atoms with Gasteiger partial charge in [-0.2, -0.15) is 0 Å². The number of rotatable bonds is 3. The number of ketones is 1. The predicted molar refractivity (Wildman–Crippen MR) is 61.9 cm³/mol. The molecule has 0 spiro atoms. The van der Waals surface area contributed by atoms with Crippen molar-refractivity contribution >= 4 is 17.1 Å². The van der Waals surface area contributed by atoms with Gasteiger partial charge < -0.3 is 0 Å². The van der Waals surface area contributed by atoms with Gasteiger partial charge in [-0.1, -0.05) is 20.3 Å². The third kappa shape index (κ3) is 2.28. The van der Waals surface area contributed by atoms with E-state index < -0.39 is 0 Å². The van der Waals surface area contributed by atoms with Gasteiger partial charge >= 0.3 is 0 Å². The van der Waals surface area contributed by atoms with Gasteiger partial charge in [-0.3, -0.25) is 9.78 Å². The van der Waals surface area contributed by atoms with Crippen LogP contribution in [0.3, 0.4) is 0 Å². The second kappa shape index (κ2) is 4.05. The second-order valence-corrected chi connectivity index (χ2v) is 6.02. The van der Waals surface area contributed by atoms with Crippen LogP contribution in [0.4, 0.5) is 0 Å². The molecule has 1 aliphatic rings. The Kier molecular flexibility index (Phi) is 2.91. The minimum atomic E-state index is 0.210. The molecule has 1 atom stereocenters. The molecule has 1 heterocycles. The highest BCUT2D eigenvalue weighted by atomic mass is 32.1. The van der Waals surface area contributed by atoms with Crippen LogP contribution in [0.2, 0.25) is 0 Å². The third-order valence-corrected chi connectivity index (χ3v) is 4.26. The van der Waals surface area contributed by atoms with Crippen molar-refractivity contribution in [1.29, 1.82) is 0 Å². The van der Waals surface area contributed by atoms with Crippen LogP contribution in [0.25, 0.3) is 0 Å². The molecule has 1 unspecified atom stereocenters. The number of thiazole rings is 1. The van der Waals surface area contributed by atoms with Crippen molar-refractivity contribution in [1.82, 2.24) is 4.98 Å². The Hall–Kier alpha value is -0.700. The van der Waals surface area contributed by atoms with Gasteiger partial charge in [-0.15, -0.1) is 11.3 Å². The molecule has 1 aromatic rings. The molecule has 0 amide bonds. The van der Waals surface area contributed by atoms with E-state index in [4.69, 9.17) is 0 Å². The van der Waals surface area contributed by atoms with Crippen LogP contribution in [0.1, 0.15) is 38.0 Å². The maximum absolute atomic E-state index is 12.1. The van der Waals surface area contributed by atoms with E-state index in [9.17, 15) is 4.79 Å². The molecule has 0 radical (unpaired) electrons. The predicted octanol–water partition coefficient (Wildman–Crippen LogP) is 3.08. The van der Waals surface area contributed by atoms with Crippen molar-refractivity contribution in [2.75, 3.05) is 0 Å². The minimum absolute atomic E-state index is 0.210. The Bertz CT molecular complexity index is 343. The van der Waals surface area contributed by atoms with Crippen LogP contribution in [-0.4, -0.2) is 10.8 Å². The van der Waals surface area contributed by atoms with Crippen molar-refractivity contribution in [3.8, 4) is 0 Å². The Balaban J connectivity index is 2.02. The molecule has 0 aromatic carbocycles. The average molecular weight is 223 g/mol. The summed E-state index contributed by atoms with van der Waals surface area (Å²) in [6, 6.07) is 0. The van der Waals surface area contributed by atoms with Gasteiger partial charge in [0.25, 0.3) is 0 Å². The van der Waals surface area contributed by atoms with Crippen molar-refractivity contribution in [2.24, 2.45) is 11.3 Å². The summed E-state index contributed by atoms with van der Waals surface area (Å²) in [7, 11) is 0. The van der Waals surface area contributed by atoms with Gasteiger partial charge in [-0.25, -0.2) is 0 Å². The molecular formula is C12H17NOS. The summed E-state index contributed by atoms with van der Waals surface area (Å²) in [5.74, 6) is 0.668. The normalized spacial score (nSPS) is 24.3. The topological polar surface area (TPSA) is 30.0 Å². The number of hydrogen-bond donors (Lipinski definition) is 0. The van der Waals surface area contributed by atoms with E-state index in [1.807, 2.05) is 6.20 Å². The first-order valence-electron chi connectivity index (χ1n) is 5.50. The van der Waals surface area contributed by atoms with Crippen molar-refractivity contribution < 1.29 is 4.79 Å². The standard InChI is InChI=1S/C12H17NOS/c1-12(2)5-3-4-10(12)11(14)6-9-7-13-8-15-9/h7-8,10H,3-6H2,1-2H3. The summed E-state index contributed by atoms with van der Waals surface area (Å²) in [6.07, 6.45) is 5.85. The summed E-state index contributed by atoms with van der Waals surface area (Å²) in [4.78, 5) is 17.2. The van der Waals surface area contributed by atoms with E-state index >= 15 is 0 Å². The summed E-state index contributed by atoms with van der Waals surface area (Å²) < 4.78 is 0. The zero-order valence-corrected chi connectivity index (χ0v) is 10.1. The highest BCUT2D eigenvalue weighted by molar-refractivity contribution is 7.09. The molecular weight excluding hydrogens is 206 g/mol. The zero-order valence-electron chi connectivity index (χ0n) is 9.32. The molecule has 1 aliphatic carbocycles. The van der Waals surface area contributed by atoms with Gasteiger partial charge in [-0.05, 0) is 18.3 Å². The largest absolute Gasteiger partial charge is 0.299 e. The minimum Gasteiger partial charge on any atom is -0.299 e. The lowest BCUT2D eigenvalue weighted by atomic mass is 9.78. The van der Waals surface area contributed by atoms with E-state index in [0.29, 0.717) is 12.2 Å². The Morgan fingerprint density at radius 2 is 2.47 bits per heavy atom. The lowest BCUT2D eigenvalue weighted by Crippen LogP contribution is -2.26. The zero-order chi connectivity index (χ0) is 10.9. The van der Waals surface area contributed by atoms with Gasteiger partial charge in [0, 0.05) is 23.4 Å². The fraction of sp³-hybridized carbons (Fsp3) is 0.667. The van der Waals surface area contributed by atoms with Crippen LogP contribution >= 0.6 is 11.3 Å². The van der Waals surface area contributed by atoms with Crippen LogP contribution in [0.15, 0.2) is 11.7 Å². The van der Waals surface area contributed by atoms with Crippen LogP contribution in [-0.2, 0) is 11.2 Å².